The molecule has 1 heterocycles. The molecule has 3 aromatic carbocycles. The van der Waals surface area contributed by atoms with Gasteiger partial charge in [0.2, 0.25) is 0 Å². The molecule has 0 bridgehead atoms. The molecule has 1 amide bonds. The van der Waals surface area contributed by atoms with E-state index >= 15 is 0 Å². The average Bonchev–Trinajstić information content (AvgIpc) is 3.18. The van der Waals surface area contributed by atoms with Gasteiger partial charge in [-0.05, 0) is 45.8 Å². The molecular formula is C24H17BrClFN4O4. The Balaban J connectivity index is 1.37. The van der Waals surface area contributed by atoms with Crippen molar-refractivity contribution in [2.45, 2.75) is 13.2 Å². The van der Waals surface area contributed by atoms with Gasteiger partial charge < -0.3 is 10.1 Å². The molecule has 0 spiro atoms. The Labute approximate surface area is 212 Å². The molecule has 0 saturated carbocycles. The number of anilines is 1. The van der Waals surface area contributed by atoms with Crippen LogP contribution >= 0.6 is 27.5 Å². The summed E-state index contributed by atoms with van der Waals surface area (Å²) >= 11 is 9.40. The van der Waals surface area contributed by atoms with Crippen LogP contribution in [0.4, 0.5) is 15.9 Å². The summed E-state index contributed by atoms with van der Waals surface area (Å²) in [6, 6.07) is 17.1. The van der Waals surface area contributed by atoms with Crippen LogP contribution in [-0.2, 0) is 13.2 Å². The molecule has 0 atom stereocenters. The Kier molecular flexibility index (Phi) is 7.42. The van der Waals surface area contributed by atoms with E-state index in [1.165, 1.54) is 28.9 Å². The van der Waals surface area contributed by atoms with Crippen LogP contribution in [0.1, 0.15) is 21.5 Å². The minimum Gasteiger partial charge on any atom is -0.487 e. The van der Waals surface area contributed by atoms with Crippen molar-refractivity contribution in [3.63, 3.8) is 0 Å². The Morgan fingerprint density at radius 2 is 1.91 bits per heavy atom. The van der Waals surface area contributed by atoms with Crippen LogP contribution < -0.4 is 10.1 Å². The highest BCUT2D eigenvalue weighted by Crippen LogP contribution is 2.29. The molecule has 0 unspecified atom stereocenters. The molecule has 11 heteroatoms. The molecule has 0 saturated heterocycles. The highest BCUT2D eigenvalue weighted by molar-refractivity contribution is 9.10. The van der Waals surface area contributed by atoms with E-state index in [2.05, 4.69) is 26.3 Å². The van der Waals surface area contributed by atoms with Crippen molar-refractivity contribution < 1.29 is 18.8 Å². The number of nitrogens with one attached hydrogen (secondary N) is 1. The van der Waals surface area contributed by atoms with Crippen LogP contribution in [-0.4, -0.2) is 20.6 Å². The standard InChI is InChI=1S/C24H17BrClFN4O4/c25-19-13-30(12-17-3-1-2-4-21(17)27)29-23(19)28-24(32)16-7-5-15(6-8-16)14-35-22-10-9-18(31(33)34)11-20(22)26/h1-11,13H,12,14H2,(H,28,29,32). The van der Waals surface area contributed by atoms with E-state index in [0.717, 1.165) is 5.56 Å². The fourth-order valence-electron chi connectivity index (χ4n) is 3.18. The number of nitrogens with zero attached hydrogens (tertiary/aromatic N) is 3. The van der Waals surface area contributed by atoms with E-state index in [0.29, 0.717) is 27.2 Å². The van der Waals surface area contributed by atoms with Gasteiger partial charge in [0.1, 0.15) is 18.2 Å². The molecule has 0 aliphatic carbocycles. The van der Waals surface area contributed by atoms with Crippen molar-refractivity contribution in [1.82, 2.24) is 9.78 Å². The predicted octanol–water partition coefficient (Wildman–Crippen LogP) is 6.23. The number of non-ortho nitro benzene ring substituents is 1. The van der Waals surface area contributed by atoms with Crippen molar-refractivity contribution in [2.75, 3.05) is 5.32 Å². The van der Waals surface area contributed by atoms with E-state index < -0.39 is 4.92 Å². The second-order valence-corrected chi connectivity index (χ2v) is 8.69. The summed E-state index contributed by atoms with van der Waals surface area (Å²) in [7, 11) is 0. The van der Waals surface area contributed by atoms with E-state index in [4.69, 9.17) is 16.3 Å². The molecule has 0 fully saturated rings. The summed E-state index contributed by atoms with van der Waals surface area (Å²) in [5, 5.41) is 18.0. The number of carbonyl (C=O) groups is 1. The maximum absolute atomic E-state index is 13.9. The topological polar surface area (TPSA) is 99.3 Å². The number of benzene rings is 3. The molecule has 1 N–H and O–H groups in total. The van der Waals surface area contributed by atoms with Crippen LogP contribution in [0, 0.1) is 15.9 Å². The molecule has 35 heavy (non-hydrogen) atoms. The van der Waals surface area contributed by atoms with Gasteiger partial charge in [-0.1, -0.05) is 41.9 Å². The Hall–Kier alpha value is -3.76. The molecule has 4 rings (SSSR count). The summed E-state index contributed by atoms with van der Waals surface area (Å²) in [4.78, 5) is 22.9. The monoisotopic (exact) mass is 558 g/mol. The van der Waals surface area contributed by atoms with Crippen molar-refractivity contribution in [3.8, 4) is 5.75 Å². The minimum atomic E-state index is -0.536. The number of nitro benzene ring substituents is 1. The normalized spacial score (nSPS) is 10.7. The van der Waals surface area contributed by atoms with Gasteiger partial charge in [-0.15, -0.1) is 0 Å². The number of halogens is 3. The van der Waals surface area contributed by atoms with E-state index in [1.54, 1.807) is 48.7 Å². The number of hydrogen-bond acceptors (Lipinski definition) is 5. The van der Waals surface area contributed by atoms with Gasteiger partial charge >= 0.3 is 0 Å². The molecule has 4 aromatic rings. The lowest BCUT2D eigenvalue weighted by Crippen LogP contribution is -2.13. The highest BCUT2D eigenvalue weighted by Gasteiger charge is 2.14. The molecule has 1 aromatic heterocycles. The van der Waals surface area contributed by atoms with Crippen molar-refractivity contribution in [2.24, 2.45) is 0 Å². The summed E-state index contributed by atoms with van der Waals surface area (Å²) in [5.74, 6) is -0.0705. The van der Waals surface area contributed by atoms with Gasteiger partial charge in [-0.3, -0.25) is 19.6 Å². The molecular weight excluding hydrogens is 543 g/mol. The molecule has 0 aliphatic heterocycles. The SMILES string of the molecule is O=C(Nc1nn(Cc2ccccc2F)cc1Br)c1ccc(COc2ccc([N+](=O)[O-])cc2Cl)cc1. The van der Waals surface area contributed by atoms with Crippen molar-refractivity contribution in [3.05, 3.63) is 115 Å². The number of hydrogen-bond donors (Lipinski definition) is 1. The first-order valence-electron chi connectivity index (χ1n) is 10.2. The molecule has 8 nitrogen and oxygen atoms in total. The maximum Gasteiger partial charge on any atom is 0.271 e. The van der Waals surface area contributed by atoms with E-state index in [9.17, 15) is 19.3 Å². The number of rotatable bonds is 8. The van der Waals surface area contributed by atoms with Gasteiger partial charge in [0.15, 0.2) is 5.82 Å². The summed E-state index contributed by atoms with van der Waals surface area (Å²) in [6.07, 6.45) is 1.66. The van der Waals surface area contributed by atoms with Crippen molar-refractivity contribution >= 4 is 44.9 Å². The minimum absolute atomic E-state index is 0.124. The number of aromatic nitrogens is 2. The third-order valence-corrected chi connectivity index (χ3v) is 5.85. The maximum atomic E-state index is 13.9. The van der Waals surface area contributed by atoms with Crippen LogP contribution in [0.15, 0.2) is 77.4 Å². The molecule has 0 radical (unpaired) electrons. The lowest BCUT2D eigenvalue weighted by Gasteiger charge is -2.09. The van der Waals surface area contributed by atoms with Gasteiger partial charge in [0.25, 0.3) is 11.6 Å². The van der Waals surface area contributed by atoms with Crippen LogP contribution in [0.5, 0.6) is 5.75 Å². The fourth-order valence-corrected chi connectivity index (χ4v) is 3.82. The molecule has 0 aliphatic rings. The lowest BCUT2D eigenvalue weighted by molar-refractivity contribution is -0.384. The first kappa shape index (κ1) is 24.4. The second kappa shape index (κ2) is 10.7. The van der Waals surface area contributed by atoms with Crippen LogP contribution in [0.3, 0.4) is 0 Å². The fraction of sp³-hybridized carbons (Fsp3) is 0.0833. The lowest BCUT2D eigenvalue weighted by atomic mass is 10.1. The average molecular weight is 560 g/mol. The van der Waals surface area contributed by atoms with Gasteiger partial charge in [-0.2, -0.15) is 5.10 Å². The number of ether oxygens (including phenoxy) is 1. The first-order chi connectivity index (χ1) is 16.8. The van der Waals surface area contributed by atoms with Crippen LogP contribution in [0.2, 0.25) is 5.02 Å². The summed E-state index contributed by atoms with van der Waals surface area (Å²) in [5.41, 5.74) is 1.53. The Morgan fingerprint density at radius 1 is 1.17 bits per heavy atom. The number of carbonyl (C=O) groups excluding carboxylic acids is 1. The first-order valence-corrected chi connectivity index (χ1v) is 11.4. The summed E-state index contributed by atoms with van der Waals surface area (Å²) in [6.45, 7) is 0.375. The van der Waals surface area contributed by atoms with Gasteiger partial charge in [0, 0.05) is 29.5 Å². The Bertz CT molecular complexity index is 1390. The van der Waals surface area contributed by atoms with E-state index in [-0.39, 0.29) is 35.6 Å². The smallest absolute Gasteiger partial charge is 0.271 e. The summed E-state index contributed by atoms with van der Waals surface area (Å²) < 4.78 is 21.6. The third-order valence-electron chi connectivity index (χ3n) is 4.98. The zero-order valence-electron chi connectivity index (χ0n) is 18.0. The highest BCUT2D eigenvalue weighted by atomic mass is 79.9. The largest absolute Gasteiger partial charge is 0.487 e. The van der Waals surface area contributed by atoms with Crippen LogP contribution in [0.25, 0.3) is 0 Å². The Morgan fingerprint density at radius 3 is 2.60 bits per heavy atom. The van der Waals surface area contributed by atoms with Gasteiger partial charge in [0.05, 0.1) is 21.0 Å². The predicted molar refractivity (Wildman–Crippen MR) is 132 cm³/mol. The third kappa shape index (κ3) is 6.03. The van der Waals surface area contributed by atoms with Gasteiger partial charge in [-0.25, -0.2) is 4.39 Å². The zero-order chi connectivity index (χ0) is 24.9. The van der Waals surface area contributed by atoms with Crippen molar-refractivity contribution in [1.29, 1.82) is 0 Å². The quantitative estimate of drug-likeness (QED) is 0.204. The number of amides is 1. The van der Waals surface area contributed by atoms with E-state index in [1.807, 2.05) is 0 Å². The zero-order valence-corrected chi connectivity index (χ0v) is 20.3. The number of nitro groups is 1. The molecule has 178 valence electrons. The second-order valence-electron chi connectivity index (χ2n) is 7.43.